The predicted octanol–water partition coefficient (Wildman–Crippen LogP) is 1.14. The minimum atomic E-state index is -3.98. The van der Waals surface area contributed by atoms with E-state index in [9.17, 15) is 14.3 Å². The van der Waals surface area contributed by atoms with Gasteiger partial charge >= 0.3 is 7.60 Å². The maximum Gasteiger partial charge on any atom is 0.401 e. The second-order valence-electron chi connectivity index (χ2n) is 3.54. The van der Waals surface area contributed by atoms with Gasteiger partial charge in [0.05, 0.1) is 0 Å². The maximum absolute atomic E-state index is 11.8. The van der Waals surface area contributed by atoms with Gasteiger partial charge in [-0.25, -0.2) is 4.57 Å². The smallest absolute Gasteiger partial charge is 0.401 e. The topological polar surface area (TPSA) is 75.6 Å². The van der Waals surface area contributed by atoms with Gasteiger partial charge in [0.1, 0.15) is 5.75 Å². The molecular formula is C10H12NO4P. The van der Waals surface area contributed by atoms with Crippen molar-refractivity contribution in [2.24, 2.45) is 0 Å². The maximum atomic E-state index is 11.8. The van der Waals surface area contributed by atoms with Crippen LogP contribution in [0.15, 0.2) is 30.3 Å². The molecule has 1 saturated heterocycles. The van der Waals surface area contributed by atoms with Gasteiger partial charge in [0.15, 0.2) is 11.6 Å². The van der Waals surface area contributed by atoms with Crippen molar-refractivity contribution < 1.29 is 18.8 Å². The molecule has 0 bridgehead atoms. The molecule has 0 aromatic heterocycles. The van der Waals surface area contributed by atoms with Gasteiger partial charge in [-0.2, -0.15) is 0 Å². The molecule has 5 nitrogen and oxygen atoms in total. The molecular weight excluding hydrogens is 229 g/mol. The van der Waals surface area contributed by atoms with E-state index in [0.717, 1.165) is 0 Å². The van der Waals surface area contributed by atoms with E-state index in [2.05, 4.69) is 5.32 Å². The van der Waals surface area contributed by atoms with Gasteiger partial charge < -0.3 is 9.42 Å². The van der Waals surface area contributed by atoms with Gasteiger partial charge in [0.2, 0.25) is 0 Å². The molecule has 16 heavy (non-hydrogen) atoms. The Morgan fingerprint density at radius 3 is 2.62 bits per heavy atom. The molecule has 86 valence electrons. The largest absolute Gasteiger partial charge is 0.423 e. The Balaban J connectivity index is 2.14. The zero-order valence-electron chi connectivity index (χ0n) is 8.50. The van der Waals surface area contributed by atoms with Crippen LogP contribution in [0.5, 0.6) is 5.75 Å². The van der Waals surface area contributed by atoms with Crippen molar-refractivity contribution in [1.82, 2.24) is 5.32 Å². The van der Waals surface area contributed by atoms with Gasteiger partial charge in [-0.3, -0.25) is 10.1 Å². The molecule has 1 aliphatic heterocycles. The lowest BCUT2D eigenvalue weighted by atomic mass is 10.3. The fraction of sp³-hybridized carbons (Fsp3) is 0.300. The number of carbonyl (C=O) groups excluding carboxylic acids is 1. The zero-order chi connectivity index (χ0) is 11.6. The van der Waals surface area contributed by atoms with E-state index in [1.807, 2.05) is 0 Å². The van der Waals surface area contributed by atoms with Gasteiger partial charge in [0, 0.05) is 13.0 Å². The summed E-state index contributed by atoms with van der Waals surface area (Å²) in [5.74, 6) is -1.08. The number of carbonyl (C=O) groups is 1. The van der Waals surface area contributed by atoms with Gasteiger partial charge in [-0.1, -0.05) is 18.2 Å². The number of hydrogen-bond donors (Lipinski definition) is 2. The highest BCUT2D eigenvalue weighted by molar-refractivity contribution is 7.55. The molecule has 1 heterocycles. The molecule has 0 saturated carbocycles. The van der Waals surface area contributed by atoms with Crippen molar-refractivity contribution in [2.75, 3.05) is 6.54 Å². The minimum absolute atomic E-state index is 0.271. The van der Waals surface area contributed by atoms with E-state index in [4.69, 9.17) is 4.52 Å². The van der Waals surface area contributed by atoms with Crippen LogP contribution in [-0.4, -0.2) is 23.0 Å². The summed E-state index contributed by atoms with van der Waals surface area (Å²) in [5.41, 5.74) is 0. The Labute approximate surface area is 93.0 Å². The quantitative estimate of drug-likeness (QED) is 0.776. The fourth-order valence-electron chi connectivity index (χ4n) is 1.57. The number of ketones is 1. The van der Waals surface area contributed by atoms with Crippen LogP contribution in [0.2, 0.25) is 0 Å². The second-order valence-corrected chi connectivity index (χ2v) is 5.37. The number of para-hydroxylation sites is 1. The van der Waals surface area contributed by atoms with Crippen LogP contribution >= 0.6 is 7.60 Å². The third-order valence-corrected chi connectivity index (χ3v) is 3.92. The van der Waals surface area contributed by atoms with E-state index >= 15 is 0 Å². The zero-order valence-corrected chi connectivity index (χ0v) is 9.39. The average molecular weight is 241 g/mol. The summed E-state index contributed by atoms with van der Waals surface area (Å²) in [6.45, 7) is 0.423. The first-order valence-electron chi connectivity index (χ1n) is 4.93. The van der Waals surface area contributed by atoms with Gasteiger partial charge in [-0.05, 0) is 12.1 Å². The molecule has 0 amide bonds. The molecule has 1 aliphatic rings. The molecule has 1 aromatic carbocycles. The summed E-state index contributed by atoms with van der Waals surface area (Å²) in [6.07, 6.45) is 0.271. The average Bonchev–Trinajstić information content (AvgIpc) is 2.66. The van der Waals surface area contributed by atoms with Crippen molar-refractivity contribution in [3.05, 3.63) is 30.3 Å². The monoisotopic (exact) mass is 241 g/mol. The lowest BCUT2D eigenvalue weighted by Gasteiger charge is -2.18. The highest BCUT2D eigenvalue weighted by Crippen LogP contribution is 2.48. The molecule has 2 rings (SSSR count). The first kappa shape index (κ1) is 11.3. The molecule has 2 N–H and O–H groups in total. The van der Waals surface area contributed by atoms with Crippen LogP contribution in [0.25, 0.3) is 0 Å². The highest BCUT2D eigenvalue weighted by Gasteiger charge is 2.42. The molecule has 0 spiro atoms. The molecule has 2 atom stereocenters. The number of benzene rings is 1. The SMILES string of the molecule is O=C1CCNC1P(=O)(O)Oc1ccccc1. The summed E-state index contributed by atoms with van der Waals surface area (Å²) in [5, 5.41) is 2.68. The molecule has 6 heteroatoms. The molecule has 0 aliphatic carbocycles. The van der Waals surface area contributed by atoms with E-state index in [1.54, 1.807) is 30.3 Å². The molecule has 0 radical (unpaired) electrons. The van der Waals surface area contributed by atoms with Gasteiger partial charge in [-0.15, -0.1) is 0 Å². The standard InChI is InChI=1S/C10H12NO4P/c12-9-6-7-11-10(9)16(13,14)15-8-4-2-1-3-5-8/h1-5,10-11H,6-7H2,(H,13,14). The predicted molar refractivity (Wildman–Crippen MR) is 58.3 cm³/mol. The van der Waals surface area contributed by atoms with Crippen molar-refractivity contribution in [3.63, 3.8) is 0 Å². The summed E-state index contributed by atoms with van der Waals surface area (Å²) in [6, 6.07) is 8.30. The van der Waals surface area contributed by atoms with Crippen LogP contribution in [0, 0.1) is 0 Å². The van der Waals surface area contributed by atoms with Crippen LogP contribution in [0.3, 0.4) is 0 Å². The van der Waals surface area contributed by atoms with Gasteiger partial charge in [0.25, 0.3) is 0 Å². The molecule has 1 aromatic rings. The number of rotatable bonds is 3. The normalized spacial score (nSPS) is 24.1. The Morgan fingerprint density at radius 2 is 2.06 bits per heavy atom. The lowest BCUT2D eigenvalue weighted by Crippen LogP contribution is -2.28. The first-order valence-corrected chi connectivity index (χ1v) is 6.57. The Morgan fingerprint density at radius 1 is 1.38 bits per heavy atom. The molecule has 2 unspecified atom stereocenters. The van der Waals surface area contributed by atoms with Crippen molar-refractivity contribution in [3.8, 4) is 5.75 Å². The lowest BCUT2D eigenvalue weighted by molar-refractivity contribution is -0.117. The van der Waals surface area contributed by atoms with Crippen LogP contribution in [0.4, 0.5) is 0 Å². The van der Waals surface area contributed by atoms with E-state index in [0.29, 0.717) is 6.54 Å². The molecule has 1 fully saturated rings. The van der Waals surface area contributed by atoms with E-state index in [1.165, 1.54) is 0 Å². The number of hydrogen-bond acceptors (Lipinski definition) is 4. The third kappa shape index (κ3) is 2.32. The van der Waals surface area contributed by atoms with E-state index < -0.39 is 13.4 Å². The number of nitrogens with one attached hydrogen (secondary N) is 1. The van der Waals surface area contributed by atoms with Crippen LogP contribution < -0.4 is 9.84 Å². The summed E-state index contributed by atoms with van der Waals surface area (Å²) >= 11 is 0. The minimum Gasteiger partial charge on any atom is -0.423 e. The van der Waals surface area contributed by atoms with Crippen molar-refractivity contribution in [1.29, 1.82) is 0 Å². The Kier molecular flexibility index (Phi) is 3.10. The van der Waals surface area contributed by atoms with Crippen LogP contribution in [-0.2, 0) is 9.36 Å². The van der Waals surface area contributed by atoms with Crippen LogP contribution in [0.1, 0.15) is 6.42 Å². The third-order valence-electron chi connectivity index (χ3n) is 2.32. The Bertz CT molecular complexity index is 434. The summed E-state index contributed by atoms with van der Waals surface area (Å²) in [4.78, 5) is 21.0. The number of Topliss-reactive ketones (excluding diaryl/α,β-unsaturated/α-hetero) is 1. The summed E-state index contributed by atoms with van der Waals surface area (Å²) in [7, 11) is -3.98. The fourth-order valence-corrected chi connectivity index (χ4v) is 2.95. The second kappa shape index (κ2) is 4.37. The highest BCUT2D eigenvalue weighted by atomic mass is 31.2. The summed E-state index contributed by atoms with van der Waals surface area (Å²) < 4.78 is 16.8. The first-order chi connectivity index (χ1) is 7.59. The van der Waals surface area contributed by atoms with Crippen molar-refractivity contribution >= 4 is 13.4 Å². The van der Waals surface area contributed by atoms with Crippen molar-refractivity contribution in [2.45, 2.75) is 12.2 Å². The van der Waals surface area contributed by atoms with E-state index in [-0.39, 0.29) is 18.0 Å². The Hall–Kier alpha value is -1.16.